The Bertz CT molecular complexity index is 229. The molecular weight excluding hydrogens is 176 g/mol. The summed E-state index contributed by atoms with van der Waals surface area (Å²) in [5.41, 5.74) is 0. The van der Waals surface area contributed by atoms with Gasteiger partial charge in [-0.3, -0.25) is 4.79 Å². The molecule has 0 rings (SSSR count). The van der Waals surface area contributed by atoms with Gasteiger partial charge in [-0.1, -0.05) is 13.8 Å². The molecule has 72 valence electrons. The molecular formula is C8H16O3S. The standard InChI is InChI=1S/C8H16O3S/c1-3-8(9)6-5-7-12(10,11)4-2/h3-7H2,1-2H3. The molecule has 0 saturated heterocycles. The quantitative estimate of drug-likeness (QED) is 0.635. The average Bonchev–Trinajstić information content (AvgIpc) is 2.04. The highest BCUT2D eigenvalue weighted by atomic mass is 32.2. The molecule has 0 unspecified atom stereocenters. The molecule has 0 aliphatic rings. The van der Waals surface area contributed by atoms with Gasteiger partial charge in [-0.2, -0.15) is 0 Å². The molecule has 0 bridgehead atoms. The molecule has 0 radical (unpaired) electrons. The van der Waals surface area contributed by atoms with Crippen molar-refractivity contribution >= 4 is 15.6 Å². The fourth-order valence-corrected chi connectivity index (χ4v) is 1.68. The van der Waals surface area contributed by atoms with Crippen molar-refractivity contribution in [3.05, 3.63) is 0 Å². The Labute approximate surface area is 74.1 Å². The summed E-state index contributed by atoms with van der Waals surface area (Å²) < 4.78 is 21.9. The van der Waals surface area contributed by atoms with Gasteiger partial charge in [-0.15, -0.1) is 0 Å². The average molecular weight is 192 g/mol. The van der Waals surface area contributed by atoms with Gasteiger partial charge in [0.1, 0.15) is 15.6 Å². The second-order valence-corrected chi connectivity index (χ2v) is 5.20. The predicted molar refractivity (Wildman–Crippen MR) is 48.9 cm³/mol. The first kappa shape index (κ1) is 11.6. The lowest BCUT2D eigenvalue weighted by Gasteiger charge is -1.99. The maximum absolute atomic E-state index is 11.0. The zero-order valence-electron chi connectivity index (χ0n) is 7.67. The van der Waals surface area contributed by atoms with Crippen molar-refractivity contribution in [1.29, 1.82) is 0 Å². The van der Waals surface area contributed by atoms with Crippen LogP contribution >= 0.6 is 0 Å². The molecule has 3 nitrogen and oxygen atoms in total. The van der Waals surface area contributed by atoms with Crippen LogP contribution in [0.3, 0.4) is 0 Å². The Morgan fingerprint density at radius 2 is 1.83 bits per heavy atom. The summed E-state index contributed by atoms with van der Waals surface area (Å²) in [7, 11) is -2.88. The van der Waals surface area contributed by atoms with E-state index in [1.807, 2.05) is 0 Å². The maximum atomic E-state index is 11.0. The zero-order chi connectivity index (χ0) is 9.61. The Morgan fingerprint density at radius 1 is 1.25 bits per heavy atom. The van der Waals surface area contributed by atoms with Crippen LogP contribution in [0.1, 0.15) is 33.1 Å². The van der Waals surface area contributed by atoms with Crippen molar-refractivity contribution in [3.63, 3.8) is 0 Å². The van der Waals surface area contributed by atoms with E-state index in [0.29, 0.717) is 19.3 Å². The number of rotatable bonds is 6. The van der Waals surface area contributed by atoms with Crippen LogP contribution in [0.15, 0.2) is 0 Å². The summed E-state index contributed by atoms with van der Waals surface area (Å²) in [6.07, 6.45) is 1.38. The minimum atomic E-state index is -2.88. The fraction of sp³-hybridized carbons (Fsp3) is 0.875. The Balaban J connectivity index is 3.64. The van der Waals surface area contributed by atoms with E-state index in [0.717, 1.165) is 0 Å². The lowest BCUT2D eigenvalue weighted by atomic mass is 10.2. The highest BCUT2D eigenvalue weighted by Gasteiger charge is 2.07. The Kier molecular flexibility index (Phi) is 5.13. The summed E-state index contributed by atoms with van der Waals surface area (Å²) in [5, 5.41) is 0. The van der Waals surface area contributed by atoms with Gasteiger partial charge in [0.15, 0.2) is 0 Å². The lowest BCUT2D eigenvalue weighted by molar-refractivity contribution is -0.118. The smallest absolute Gasteiger partial charge is 0.150 e. The molecule has 0 aromatic rings. The first-order valence-corrected chi connectivity index (χ1v) is 6.06. The van der Waals surface area contributed by atoms with Gasteiger partial charge < -0.3 is 0 Å². The van der Waals surface area contributed by atoms with Crippen LogP contribution in [0.2, 0.25) is 0 Å². The third-order valence-corrected chi connectivity index (χ3v) is 3.54. The molecule has 0 aromatic heterocycles. The number of hydrogen-bond donors (Lipinski definition) is 0. The summed E-state index contributed by atoms with van der Waals surface area (Å²) >= 11 is 0. The van der Waals surface area contributed by atoms with E-state index < -0.39 is 9.84 Å². The highest BCUT2D eigenvalue weighted by molar-refractivity contribution is 7.91. The van der Waals surface area contributed by atoms with E-state index >= 15 is 0 Å². The van der Waals surface area contributed by atoms with Gasteiger partial charge in [0, 0.05) is 18.6 Å². The minimum absolute atomic E-state index is 0.140. The number of sulfone groups is 1. The minimum Gasteiger partial charge on any atom is -0.300 e. The van der Waals surface area contributed by atoms with Crippen molar-refractivity contribution in [1.82, 2.24) is 0 Å². The van der Waals surface area contributed by atoms with Crippen LogP contribution in [0.4, 0.5) is 0 Å². The molecule has 0 aliphatic carbocycles. The van der Waals surface area contributed by atoms with E-state index in [1.165, 1.54) is 0 Å². The fourth-order valence-electron chi connectivity index (χ4n) is 0.810. The van der Waals surface area contributed by atoms with Crippen molar-refractivity contribution in [2.75, 3.05) is 11.5 Å². The van der Waals surface area contributed by atoms with Crippen molar-refractivity contribution in [3.8, 4) is 0 Å². The third-order valence-electron chi connectivity index (χ3n) is 1.75. The lowest BCUT2D eigenvalue weighted by Crippen LogP contribution is -2.10. The van der Waals surface area contributed by atoms with Crippen LogP contribution in [0, 0.1) is 0 Å². The number of Topliss-reactive ketones (excluding diaryl/α,β-unsaturated/α-hetero) is 1. The van der Waals surface area contributed by atoms with Gasteiger partial charge in [-0.05, 0) is 6.42 Å². The predicted octanol–water partition coefficient (Wildman–Crippen LogP) is 1.18. The van der Waals surface area contributed by atoms with Crippen LogP contribution in [0.25, 0.3) is 0 Å². The van der Waals surface area contributed by atoms with Gasteiger partial charge in [0.25, 0.3) is 0 Å². The molecule has 0 N–H and O–H groups in total. The van der Waals surface area contributed by atoms with Crippen LogP contribution in [-0.2, 0) is 14.6 Å². The third kappa shape index (κ3) is 5.29. The van der Waals surface area contributed by atoms with Gasteiger partial charge in [0.2, 0.25) is 0 Å². The summed E-state index contributed by atoms with van der Waals surface area (Å²) in [6.45, 7) is 3.41. The second-order valence-electron chi connectivity index (χ2n) is 2.73. The number of carbonyl (C=O) groups excluding carboxylic acids is 1. The molecule has 0 aromatic carbocycles. The zero-order valence-corrected chi connectivity index (χ0v) is 8.49. The van der Waals surface area contributed by atoms with E-state index in [9.17, 15) is 13.2 Å². The SMILES string of the molecule is CCC(=O)CCCS(=O)(=O)CC. The first-order valence-electron chi connectivity index (χ1n) is 4.24. The highest BCUT2D eigenvalue weighted by Crippen LogP contribution is 1.99. The molecule has 0 amide bonds. The van der Waals surface area contributed by atoms with E-state index in [1.54, 1.807) is 13.8 Å². The van der Waals surface area contributed by atoms with Crippen molar-refractivity contribution < 1.29 is 13.2 Å². The van der Waals surface area contributed by atoms with E-state index in [-0.39, 0.29) is 17.3 Å². The molecule has 0 fully saturated rings. The second kappa shape index (κ2) is 5.30. The Hall–Kier alpha value is -0.380. The normalized spacial score (nSPS) is 11.5. The van der Waals surface area contributed by atoms with Crippen LogP contribution in [0.5, 0.6) is 0 Å². The summed E-state index contributed by atoms with van der Waals surface area (Å²) in [5.74, 6) is 0.462. The van der Waals surface area contributed by atoms with E-state index in [4.69, 9.17) is 0 Å². The molecule has 4 heteroatoms. The number of ketones is 1. The molecule has 0 heterocycles. The molecule has 0 atom stereocenters. The first-order chi connectivity index (χ1) is 5.52. The topological polar surface area (TPSA) is 51.2 Å². The summed E-state index contributed by atoms with van der Waals surface area (Å²) in [4.78, 5) is 10.8. The molecule has 12 heavy (non-hydrogen) atoms. The number of carbonyl (C=O) groups is 1. The molecule has 0 aliphatic heterocycles. The number of hydrogen-bond acceptors (Lipinski definition) is 3. The van der Waals surface area contributed by atoms with Gasteiger partial charge in [-0.25, -0.2) is 8.42 Å². The van der Waals surface area contributed by atoms with Gasteiger partial charge >= 0.3 is 0 Å². The van der Waals surface area contributed by atoms with E-state index in [2.05, 4.69) is 0 Å². The molecule has 0 saturated carbocycles. The monoisotopic (exact) mass is 192 g/mol. The van der Waals surface area contributed by atoms with Crippen molar-refractivity contribution in [2.24, 2.45) is 0 Å². The van der Waals surface area contributed by atoms with Gasteiger partial charge in [0.05, 0.1) is 5.75 Å². The van der Waals surface area contributed by atoms with Crippen LogP contribution in [-0.4, -0.2) is 25.7 Å². The largest absolute Gasteiger partial charge is 0.300 e. The summed E-state index contributed by atoms with van der Waals surface area (Å²) in [6, 6.07) is 0. The van der Waals surface area contributed by atoms with Crippen molar-refractivity contribution in [2.45, 2.75) is 33.1 Å². The Morgan fingerprint density at radius 3 is 2.25 bits per heavy atom. The molecule has 0 spiro atoms. The van der Waals surface area contributed by atoms with Crippen LogP contribution < -0.4 is 0 Å². The maximum Gasteiger partial charge on any atom is 0.150 e.